The number of amides is 1. The number of aliphatic carboxylic acids is 1. The summed E-state index contributed by atoms with van der Waals surface area (Å²) in [5.74, 6) is -1.91. The van der Waals surface area contributed by atoms with E-state index in [2.05, 4.69) is 10.3 Å². The number of hydrogen-bond donors (Lipinski definition) is 2. The summed E-state index contributed by atoms with van der Waals surface area (Å²) in [5, 5.41) is 11.9. The van der Waals surface area contributed by atoms with Gasteiger partial charge in [-0.2, -0.15) is 0 Å². The zero-order valence-corrected chi connectivity index (χ0v) is 10.8. The van der Waals surface area contributed by atoms with Crippen LogP contribution in [0.25, 0.3) is 0 Å². The summed E-state index contributed by atoms with van der Waals surface area (Å²) < 4.78 is 0. The van der Waals surface area contributed by atoms with Crippen molar-refractivity contribution in [2.45, 2.75) is 32.2 Å². The topological polar surface area (TPSA) is 79.3 Å². The molecule has 1 saturated carbocycles. The van der Waals surface area contributed by atoms with E-state index in [1.54, 1.807) is 11.7 Å². The van der Waals surface area contributed by atoms with Crippen molar-refractivity contribution in [3.05, 3.63) is 16.6 Å². The zero-order valence-electron chi connectivity index (χ0n) is 9.96. The monoisotopic (exact) mass is 268 g/mol. The Hall–Kier alpha value is -1.43. The first-order valence-corrected chi connectivity index (χ1v) is 6.94. The number of aromatic nitrogens is 1. The van der Waals surface area contributed by atoms with Gasteiger partial charge in [0.2, 0.25) is 5.91 Å². The van der Waals surface area contributed by atoms with Gasteiger partial charge >= 0.3 is 5.97 Å². The molecule has 1 aliphatic rings. The average molecular weight is 268 g/mol. The fourth-order valence-corrected chi connectivity index (χ4v) is 2.91. The molecule has 1 amide bonds. The Labute approximate surface area is 109 Å². The SMILES string of the molecule is O=C(O)[C@H]1CCCC[C@H]1C(=O)NCc1cncs1. The molecule has 0 aromatic carbocycles. The van der Waals surface area contributed by atoms with Crippen LogP contribution >= 0.6 is 11.3 Å². The lowest BCUT2D eigenvalue weighted by Gasteiger charge is -2.27. The normalized spacial score (nSPS) is 23.6. The maximum absolute atomic E-state index is 12.0. The number of carbonyl (C=O) groups excluding carboxylic acids is 1. The van der Waals surface area contributed by atoms with Crippen LogP contribution in [0.5, 0.6) is 0 Å². The van der Waals surface area contributed by atoms with E-state index >= 15 is 0 Å². The highest BCUT2D eigenvalue weighted by atomic mass is 32.1. The van der Waals surface area contributed by atoms with E-state index in [0.29, 0.717) is 19.4 Å². The van der Waals surface area contributed by atoms with Crippen molar-refractivity contribution in [3.8, 4) is 0 Å². The summed E-state index contributed by atoms with van der Waals surface area (Å²) in [7, 11) is 0. The van der Waals surface area contributed by atoms with Crippen molar-refractivity contribution in [1.82, 2.24) is 10.3 Å². The third kappa shape index (κ3) is 3.07. The van der Waals surface area contributed by atoms with Crippen LogP contribution in [0.2, 0.25) is 0 Å². The third-order valence-corrected chi connectivity index (χ3v) is 4.12. The van der Waals surface area contributed by atoms with Gasteiger partial charge in [-0.3, -0.25) is 14.6 Å². The Morgan fingerprint density at radius 2 is 2.11 bits per heavy atom. The Bertz CT molecular complexity index is 419. The van der Waals surface area contributed by atoms with Gasteiger partial charge in [-0.1, -0.05) is 12.8 Å². The maximum atomic E-state index is 12.0. The minimum absolute atomic E-state index is 0.143. The molecule has 2 N–H and O–H groups in total. The van der Waals surface area contributed by atoms with E-state index in [4.69, 9.17) is 5.11 Å². The molecule has 1 aliphatic carbocycles. The predicted octanol–water partition coefficient (Wildman–Crippen LogP) is 1.65. The van der Waals surface area contributed by atoms with E-state index in [1.165, 1.54) is 11.3 Å². The minimum Gasteiger partial charge on any atom is -0.481 e. The van der Waals surface area contributed by atoms with Gasteiger partial charge in [0.25, 0.3) is 0 Å². The molecule has 18 heavy (non-hydrogen) atoms. The summed E-state index contributed by atoms with van der Waals surface area (Å²) in [6.07, 6.45) is 4.82. The van der Waals surface area contributed by atoms with Crippen molar-refractivity contribution >= 4 is 23.2 Å². The Morgan fingerprint density at radius 1 is 1.39 bits per heavy atom. The molecule has 0 bridgehead atoms. The lowest BCUT2D eigenvalue weighted by atomic mass is 9.79. The van der Waals surface area contributed by atoms with Gasteiger partial charge in [0, 0.05) is 11.1 Å². The number of rotatable bonds is 4. The lowest BCUT2D eigenvalue weighted by Crippen LogP contribution is -2.39. The van der Waals surface area contributed by atoms with Crippen molar-refractivity contribution < 1.29 is 14.7 Å². The summed E-state index contributed by atoms with van der Waals surface area (Å²) in [5.41, 5.74) is 1.71. The second kappa shape index (κ2) is 5.95. The number of hydrogen-bond acceptors (Lipinski definition) is 4. The number of thiazole rings is 1. The first-order valence-electron chi connectivity index (χ1n) is 6.06. The van der Waals surface area contributed by atoms with Crippen LogP contribution in [0.1, 0.15) is 30.6 Å². The smallest absolute Gasteiger partial charge is 0.307 e. The molecule has 0 unspecified atom stereocenters. The molecule has 0 radical (unpaired) electrons. The van der Waals surface area contributed by atoms with Crippen molar-refractivity contribution in [3.63, 3.8) is 0 Å². The minimum atomic E-state index is -0.854. The number of carbonyl (C=O) groups is 2. The summed E-state index contributed by atoms with van der Waals surface area (Å²) in [6.45, 7) is 0.437. The molecule has 2 rings (SSSR count). The van der Waals surface area contributed by atoms with Crippen LogP contribution in [0.3, 0.4) is 0 Å². The van der Waals surface area contributed by atoms with Gasteiger partial charge < -0.3 is 10.4 Å². The molecule has 0 saturated heterocycles. The van der Waals surface area contributed by atoms with Gasteiger partial charge in [0.05, 0.1) is 23.9 Å². The van der Waals surface area contributed by atoms with Crippen molar-refractivity contribution in [2.24, 2.45) is 11.8 Å². The van der Waals surface area contributed by atoms with Crippen LogP contribution in [-0.4, -0.2) is 22.0 Å². The van der Waals surface area contributed by atoms with E-state index in [1.807, 2.05) is 0 Å². The highest BCUT2D eigenvalue weighted by Crippen LogP contribution is 2.30. The summed E-state index contributed by atoms with van der Waals surface area (Å²) >= 11 is 1.48. The second-order valence-corrected chi connectivity index (χ2v) is 5.49. The van der Waals surface area contributed by atoms with Crippen molar-refractivity contribution in [2.75, 3.05) is 0 Å². The van der Waals surface area contributed by atoms with E-state index in [-0.39, 0.29) is 11.8 Å². The van der Waals surface area contributed by atoms with Crippen molar-refractivity contribution in [1.29, 1.82) is 0 Å². The fraction of sp³-hybridized carbons (Fsp3) is 0.583. The Kier molecular flexibility index (Phi) is 4.30. The van der Waals surface area contributed by atoms with Crippen LogP contribution in [0, 0.1) is 11.8 Å². The van der Waals surface area contributed by atoms with Crippen LogP contribution in [0.4, 0.5) is 0 Å². The molecule has 98 valence electrons. The number of carboxylic acids is 1. The molecule has 2 atom stereocenters. The molecule has 1 heterocycles. The molecular weight excluding hydrogens is 252 g/mol. The Morgan fingerprint density at radius 3 is 2.72 bits per heavy atom. The quantitative estimate of drug-likeness (QED) is 0.870. The van der Waals surface area contributed by atoms with E-state index in [0.717, 1.165) is 17.7 Å². The second-order valence-electron chi connectivity index (χ2n) is 4.52. The molecule has 5 nitrogen and oxygen atoms in total. The van der Waals surface area contributed by atoms with Gasteiger partial charge in [-0.05, 0) is 12.8 Å². The highest BCUT2D eigenvalue weighted by Gasteiger charge is 2.35. The van der Waals surface area contributed by atoms with Gasteiger partial charge in [0.1, 0.15) is 0 Å². The standard InChI is InChI=1S/C12H16N2O3S/c15-11(14-6-8-5-13-7-18-8)9-3-1-2-4-10(9)12(16)17/h5,7,9-10H,1-4,6H2,(H,14,15)(H,16,17)/t9-,10+/m1/s1. The molecule has 6 heteroatoms. The zero-order chi connectivity index (χ0) is 13.0. The lowest BCUT2D eigenvalue weighted by molar-refractivity contribution is -0.148. The molecule has 1 aromatic heterocycles. The van der Waals surface area contributed by atoms with Crippen LogP contribution in [-0.2, 0) is 16.1 Å². The van der Waals surface area contributed by atoms with E-state index in [9.17, 15) is 9.59 Å². The first kappa shape index (κ1) is 13.0. The number of carboxylic acid groups (broad SMARTS) is 1. The third-order valence-electron chi connectivity index (χ3n) is 3.34. The van der Waals surface area contributed by atoms with Gasteiger partial charge in [0.15, 0.2) is 0 Å². The van der Waals surface area contributed by atoms with E-state index < -0.39 is 11.9 Å². The average Bonchev–Trinajstić information content (AvgIpc) is 2.89. The molecule has 1 fully saturated rings. The van der Waals surface area contributed by atoms with Crippen LogP contribution < -0.4 is 5.32 Å². The maximum Gasteiger partial charge on any atom is 0.307 e. The molecule has 1 aromatic rings. The number of nitrogens with zero attached hydrogens (tertiary/aromatic N) is 1. The van der Waals surface area contributed by atoms with Gasteiger partial charge in [-0.15, -0.1) is 11.3 Å². The number of nitrogens with one attached hydrogen (secondary N) is 1. The largest absolute Gasteiger partial charge is 0.481 e. The summed E-state index contributed by atoms with van der Waals surface area (Å²) in [6, 6.07) is 0. The molecule has 0 spiro atoms. The molecular formula is C12H16N2O3S. The highest BCUT2D eigenvalue weighted by molar-refractivity contribution is 7.09. The predicted molar refractivity (Wildman–Crippen MR) is 67.0 cm³/mol. The first-order chi connectivity index (χ1) is 8.68. The summed E-state index contributed by atoms with van der Waals surface area (Å²) in [4.78, 5) is 28.0. The Balaban J connectivity index is 1.92. The fourth-order valence-electron chi connectivity index (χ4n) is 2.38. The molecule has 0 aliphatic heterocycles. The van der Waals surface area contributed by atoms with Crippen LogP contribution in [0.15, 0.2) is 11.7 Å². The van der Waals surface area contributed by atoms with Gasteiger partial charge in [-0.25, -0.2) is 0 Å².